The molecule has 2 rings (SSSR count). The van der Waals surface area contributed by atoms with Crippen LogP contribution in [0.5, 0.6) is 0 Å². The van der Waals surface area contributed by atoms with Crippen LogP contribution in [0.2, 0.25) is 0 Å². The lowest BCUT2D eigenvalue weighted by Gasteiger charge is -2.24. The van der Waals surface area contributed by atoms with Crippen LogP contribution in [-0.4, -0.2) is 35.3 Å². The van der Waals surface area contributed by atoms with Gasteiger partial charge in [-0.05, 0) is 43.2 Å². The number of Topliss-reactive ketones (excluding diaryl/α,β-unsaturated/α-hetero) is 1. The fourth-order valence-electron chi connectivity index (χ4n) is 3.91. The minimum absolute atomic E-state index is 0.00261. The van der Waals surface area contributed by atoms with Crippen LogP contribution in [0, 0.1) is 17.8 Å². The van der Waals surface area contributed by atoms with E-state index in [1.165, 1.54) is 0 Å². The molecule has 0 radical (unpaired) electrons. The van der Waals surface area contributed by atoms with Crippen molar-refractivity contribution >= 4 is 28.6 Å². The summed E-state index contributed by atoms with van der Waals surface area (Å²) in [6.45, 7) is 8.24. The van der Waals surface area contributed by atoms with Crippen molar-refractivity contribution in [1.29, 1.82) is 0 Å². The molecule has 0 saturated heterocycles. The molecule has 0 saturated carbocycles. The molecule has 31 heavy (non-hydrogen) atoms. The van der Waals surface area contributed by atoms with Crippen LogP contribution < -0.4 is 16.4 Å². The zero-order chi connectivity index (χ0) is 23.0. The summed E-state index contributed by atoms with van der Waals surface area (Å²) in [5.74, 6) is -0.166. The maximum atomic E-state index is 13.3. The smallest absolute Gasteiger partial charge is 0.312 e. The monoisotopic (exact) mass is 428 g/mol. The summed E-state index contributed by atoms with van der Waals surface area (Å²) in [6, 6.07) is 6.90. The molecule has 0 aliphatic heterocycles. The minimum atomic E-state index is -0.591. The van der Waals surface area contributed by atoms with Gasteiger partial charge in [0.15, 0.2) is 5.78 Å². The van der Waals surface area contributed by atoms with E-state index >= 15 is 0 Å². The zero-order valence-corrected chi connectivity index (χ0v) is 19.0. The lowest BCUT2D eigenvalue weighted by Crippen LogP contribution is -2.46. The fraction of sp³-hybridized carbons (Fsp3) is 0.542. The van der Waals surface area contributed by atoms with Crippen LogP contribution in [0.4, 0.5) is 4.79 Å². The van der Waals surface area contributed by atoms with Crippen molar-refractivity contribution in [2.75, 3.05) is 6.54 Å². The van der Waals surface area contributed by atoms with E-state index in [9.17, 15) is 14.4 Å². The second-order valence-corrected chi connectivity index (χ2v) is 8.94. The normalized spacial score (nSPS) is 13.4. The van der Waals surface area contributed by atoms with E-state index in [0.29, 0.717) is 31.7 Å². The third-order valence-corrected chi connectivity index (χ3v) is 5.47. The van der Waals surface area contributed by atoms with Crippen molar-refractivity contribution in [3.05, 3.63) is 36.0 Å². The number of aromatic nitrogens is 1. The summed E-state index contributed by atoms with van der Waals surface area (Å²) >= 11 is 0. The summed E-state index contributed by atoms with van der Waals surface area (Å²) in [7, 11) is 0. The van der Waals surface area contributed by atoms with E-state index in [1.54, 1.807) is 0 Å². The molecule has 7 nitrogen and oxygen atoms in total. The number of hydrogen-bond acceptors (Lipinski definition) is 3. The van der Waals surface area contributed by atoms with Gasteiger partial charge in [-0.3, -0.25) is 9.59 Å². The van der Waals surface area contributed by atoms with Crippen molar-refractivity contribution in [3.63, 3.8) is 0 Å². The van der Waals surface area contributed by atoms with Crippen molar-refractivity contribution in [2.24, 2.45) is 23.5 Å². The number of rotatable bonds is 12. The van der Waals surface area contributed by atoms with Crippen LogP contribution in [0.15, 0.2) is 30.5 Å². The number of carbonyl (C=O) groups is 3. The summed E-state index contributed by atoms with van der Waals surface area (Å²) < 4.78 is 0. The quantitative estimate of drug-likeness (QED) is 0.387. The number of para-hydroxylation sites is 1. The fourth-order valence-corrected chi connectivity index (χ4v) is 3.91. The summed E-state index contributed by atoms with van der Waals surface area (Å²) in [4.78, 5) is 40.1. The summed E-state index contributed by atoms with van der Waals surface area (Å²) in [5.41, 5.74) is 7.26. The van der Waals surface area contributed by atoms with Gasteiger partial charge in [-0.15, -0.1) is 0 Å². The van der Waals surface area contributed by atoms with Crippen LogP contribution in [0.25, 0.3) is 10.9 Å². The number of ketones is 1. The highest BCUT2D eigenvalue weighted by atomic mass is 16.2. The Hall–Kier alpha value is -2.83. The third kappa shape index (κ3) is 7.42. The average molecular weight is 429 g/mol. The van der Waals surface area contributed by atoms with E-state index in [1.807, 2.05) is 38.2 Å². The van der Waals surface area contributed by atoms with Gasteiger partial charge >= 0.3 is 6.03 Å². The molecule has 0 unspecified atom stereocenters. The van der Waals surface area contributed by atoms with Crippen LogP contribution in [-0.2, 0) is 16.0 Å². The van der Waals surface area contributed by atoms with Gasteiger partial charge in [0.2, 0.25) is 5.91 Å². The van der Waals surface area contributed by atoms with Crippen molar-refractivity contribution in [1.82, 2.24) is 15.6 Å². The van der Waals surface area contributed by atoms with Crippen LogP contribution >= 0.6 is 0 Å². The first kappa shape index (κ1) is 24.4. The maximum Gasteiger partial charge on any atom is 0.312 e. The van der Waals surface area contributed by atoms with Crippen molar-refractivity contribution in [2.45, 2.75) is 59.4 Å². The number of H-pyrrole nitrogens is 1. The number of hydrogen-bond donors (Lipinski definition) is 4. The second-order valence-electron chi connectivity index (χ2n) is 8.94. The first-order chi connectivity index (χ1) is 14.7. The molecule has 0 spiro atoms. The Morgan fingerprint density at radius 2 is 1.81 bits per heavy atom. The number of primary amides is 1. The first-order valence-corrected chi connectivity index (χ1v) is 11.1. The highest BCUT2D eigenvalue weighted by Crippen LogP contribution is 2.24. The van der Waals surface area contributed by atoms with E-state index in [0.717, 1.165) is 22.9 Å². The highest BCUT2D eigenvalue weighted by molar-refractivity contribution is 5.91. The van der Waals surface area contributed by atoms with Crippen LogP contribution in [0.1, 0.15) is 52.5 Å². The average Bonchev–Trinajstić information content (AvgIpc) is 3.11. The lowest BCUT2D eigenvalue weighted by molar-refractivity contribution is -0.132. The SMILES string of the molecule is CC(C)C[C@@H](Cc1c[nH]c2ccccc12)C(=O)N[C@@H](CCCNC(N)=O)C(=O)C(C)C. The molecule has 5 N–H and O–H groups in total. The predicted molar refractivity (Wildman–Crippen MR) is 124 cm³/mol. The molecular formula is C24H36N4O3. The molecule has 2 atom stereocenters. The van der Waals surface area contributed by atoms with Gasteiger partial charge in [-0.25, -0.2) is 4.79 Å². The molecule has 1 aromatic carbocycles. The number of carbonyl (C=O) groups excluding carboxylic acids is 3. The van der Waals surface area contributed by atoms with Gasteiger partial charge in [0, 0.05) is 35.5 Å². The Morgan fingerprint density at radius 1 is 1.10 bits per heavy atom. The molecule has 2 aromatic rings. The Bertz CT molecular complexity index is 888. The van der Waals surface area contributed by atoms with E-state index in [-0.39, 0.29) is 23.5 Å². The number of fused-ring (bicyclic) bond motifs is 1. The van der Waals surface area contributed by atoms with Gasteiger partial charge in [0.1, 0.15) is 0 Å². The molecule has 1 heterocycles. The molecule has 0 aliphatic rings. The number of aromatic amines is 1. The number of nitrogens with two attached hydrogens (primary N) is 1. The molecule has 170 valence electrons. The topological polar surface area (TPSA) is 117 Å². The summed E-state index contributed by atoms with van der Waals surface area (Å²) in [5, 5.41) is 6.66. The Labute approximate surface area is 184 Å². The van der Waals surface area contributed by atoms with E-state index in [4.69, 9.17) is 5.73 Å². The highest BCUT2D eigenvalue weighted by Gasteiger charge is 2.28. The Kier molecular flexibility index (Phi) is 9.09. The predicted octanol–water partition coefficient (Wildman–Crippen LogP) is 3.53. The van der Waals surface area contributed by atoms with Gasteiger partial charge in [-0.2, -0.15) is 0 Å². The first-order valence-electron chi connectivity index (χ1n) is 11.1. The van der Waals surface area contributed by atoms with E-state index in [2.05, 4.69) is 35.5 Å². The maximum absolute atomic E-state index is 13.3. The number of urea groups is 1. The molecule has 0 aliphatic carbocycles. The zero-order valence-electron chi connectivity index (χ0n) is 19.0. The van der Waals surface area contributed by atoms with Gasteiger partial charge in [0.05, 0.1) is 6.04 Å². The molecule has 0 fully saturated rings. The van der Waals surface area contributed by atoms with E-state index < -0.39 is 12.1 Å². The van der Waals surface area contributed by atoms with Gasteiger partial charge < -0.3 is 21.4 Å². The minimum Gasteiger partial charge on any atom is -0.361 e. The molecule has 3 amide bonds. The van der Waals surface area contributed by atoms with Gasteiger partial charge in [-0.1, -0.05) is 45.9 Å². The number of benzene rings is 1. The Balaban J connectivity index is 2.13. The van der Waals surface area contributed by atoms with Crippen molar-refractivity contribution < 1.29 is 14.4 Å². The third-order valence-electron chi connectivity index (χ3n) is 5.47. The van der Waals surface area contributed by atoms with Crippen LogP contribution in [0.3, 0.4) is 0 Å². The molecule has 0 bridgehead atoms. The standard InChI is InChI=1S/C24H36N4O3/c1-15(2)12-17(13-18-14-27-20-9-6-5-8-19(18)20)23(30)28-21(22(29)16(3)4)10-7-11-26-24(25)31/h5-6,8-9,14-17,21,27H,7,10-13H2,1-4H3,(H,28,30)(H3,25,26,31)/t17-,21-/m0/s1. The van der Waals surface area contributed by atoms with Gasteiger partial charge in [0.25, 0.3) is 0 Å². The van der Waals surface area contributed by atoms with Crippen molar-refractivity contribution in [3.8, 4) is 0 Å². The molecule has 7 heteroatoms. The summed E-state index contributed by atoms with van der Waals surface area (Å²) in [6.07, 6.45) is 4.34. The molecule has 1 aromatic heterocycles. The Morgan fingerprint density at radius 3 is 2.45 bits per heavy atom. The largest absolute Gasteiger partial charge is 0.361 e. The second kappa shape index (κ2) is 11.5. The number of nitrogens with one attached hydrogen (secondary N) is 3. The number of amides is 3. The lowest BCUT2D eigenvalue weighted by atomic mass is 9.89. The molecular weight excluding hydrogens is 392 g/mol.